The number of fused-ring (bicyclic) bond motifs is 2. The molecule has 0 saturated carbocycles. The number of halogens is 2. The van der Waals surface area contributed by atoms with Crippen molar-refractivity contribution in [2.75, 3.05) is 0 Å². The molecule has 6 aromatic rings. The molecule has 0 bridgehead atoms. The molecule has 0 radical (unpaired) electrons. The van der Waals surface area contributed by atoms with Gasteiger partial charge >= 0.3 is 11.9 Å². The van der Waals surface area contributed by atoms with Crippen LogP contribution in [0.4, 0.5) is 8.78 Å². The van der Waals surface area contributed by atoms with E-state index in [1.165, 1.54) is 24.3 Å². The van der Waals surface area contributed by atoms with Crippen LogP contribution in [0.15, 0.2) is 158 Å². The van der Waals surface area contributed by atoms with Gasteiger partial charge in [-0.15, -0.1) is 0 Å². The molecule has 8 nitrogen and oxygen atoms in total. The van der Waals surface area contributed by atoms with E-state index in [4.69, 9.17) is 30.4 Å². The van der Waals surface area contributed by atoms with E-state index in [1.807, 2.05) is 72.8 Å². The third kappa shape index (κ3) is 7.98. The fourth-order valence-electron chi connectivity index (χ4n) is 8.01. The largest absolute Gasteiger partial charge is 0.457 e. The lowest BCUT2D eigenvalue weighted by Gasteiger charge is -2.35. The molecule has 0 spiro atoms. The Morgan fingerprint density at radius 2 is 0.845 bits per heavy atom. The maximum atomic E-state index is 13.7. The van der Waals surface area contributed by atoms with Crippen molar-refractivity contribution < 1.29 is 37.3 Å². The maximum Gasteiger partial charge on any atom is 0.331 e. The van der Waals surface area contributed by atoms with Crippen molar-refractivity contribution in [2.24, 2.45) is 11.5 Å². The lowest BCUT2D eigenvalue weighted by atomic mass is 9.85. The smallest absolute Gasteiger partial charge is 0.331 e. The van der Waals surface area contributed by atoms with Gasteiger partial charge in [-0.05, 0) is 108 Å². The Hall–Kier alpha value is -6.62. The van der Waals surface area contributed by atoms with E-state index >= 15 is 0 Å². The zero-order valence-electron chi connectivity index (χ0n) is 31.4. The SMILES string of the molecule is NC1Cc2ccccc2C1(Cc1ccc(Oc2ccc(F)cc2)cc1)OC(=O)/C=C\C(=O)OC1(Cc2ccc(Oc3ccc(F)cc3)cc2)c2ccccc2CC1N. The van der Waals surface area contributed by atoms with Crippen LogP contribution in [-0.4, -0.2) is 24.0 Å². The van der Waals surface area contributed by atoms with Crippen molar-refractivity contribution in [1.82, 2.24) is 0 Å². The van der Waals surface area contributed by atoms with Crippen molar-refractivity contribution >= 4 is 11.9 Å². The molecule has 0 fully saturated rings. The van der Waals surface area contributed by atoms with Crippen molar-refractivity contribution in [3.8, 4) is 23.0 Å². The van der Waals surface area contributed by atoms with Crippen molar-refractivity contribution in [1.29, 1.82) is 0 Å². The number of rotatable bonds is 12. The lowest BCUT2D eigenvalue weighted by Crippen LogP contribution is -2.47. The number of benzene rings is 6. The standard InChI is InChI=1S/C48H40F2N2O6/c49-35-13-21-39(22-14-35)55-37-17-9-31(10-18-37)29-47(41-7-3-1-5-33(41)27-43(47)51)57-45(53)25-26-46(54)58-48(42-8-4-2-6-34(42)28-44(48)52)30-32-11-19-38(20-12-32)56-40-23-15-36(50)16-24-40/h1-26,43-44H,27-30,51-52H2/b26-25-. The van der Waals surface area contributed by atoms with E-state index in [-0.39, 0.29) is 24.5 Å². The molecule has 4 unspecified atom stereocenters. The Labute approximate surface area is 334 Å². The molecule has 10 heteroatoms. The number of carbonyl (C=O) groups is 2. The molecule has 0 aliphatic heterocycles. The van der Waals surface area contributed by atoms with Gasteiger partial charge in [0.15, 0.2) is 11.2 Å². The second kappa shape index (κ2) is 16.1. The Balaban J connectivity index is 0.999. The summed E-state index contributed by atoms with van der Waals surface area (Å²) >= 11 is 0. The summed E-state index contributed by atoms with van der Waals surface area (Å²) in [5.41, 5.74) is 16.3. The lowest BCUT2D eigenvalue weighted by molar-refractivity contribution is -0.159. The predicted octanol–water partition coefficient (Wildman–Crippen LogP) is 8.54. The fourth-order valence-corrected chi connectivity index (χ4v) is 8.01. The van der Waals surface area contributed by atoms with Gasteiger partial charge < -0.3 is 30.4 Å². The second-order valence-electron chi connectivity index (χ2n) is 14.6. The number of hydrogen-bond acceptors (Lipinski definition) is 8. The highest BCUT2D eigenvalue weighted by molar-refractivity contribution is 5.92. The topological polar surface area (TPSA) is 123 Å². The second-order valence-corrected chi connectivity index (χ2v) is 14.6. The van der Waals surface area contributed by atoms with E-state index in [0.29, 0.717) is 35.8 Å². The van der Waals surface area contributed by atoms with Crippen LogP contribution in [0, 0.1) is 11.6 Å². The minimum absolute atomic E-state index is 0.258. The van der Waals surface area contributed by atoms with E-state index < -0.39 is 35.2 Å². The summed E-state index contributed by atoms with van der Waals surface area (Å²) < 4.78 is 51.1. The molecule has 0 saturated heterocycles. The van der Waals surface area contributed by atoms with Crippen LogP contribution in [0.3, 0.4) is 0 Å². The van der Waals surface area contributed by atoms with Gasteiger partial charge in [0.05, 0.1) is 12.1 Å². The molecule has 0 aromatic heterocycles. The van der Waals surface area contributed by atoms with Gasteiger partial charge in [0, 0.05) is 36.1 Å². The molecule has 2 aliphatic carbocycles. The Kier molecular flexibility index (Phi) is 10.6. The maximum absolute atomic E-state index is 13.7. The molecule has 8 rings (SSSR count). The molecule has 0 heterocycles. The van der Waals surface area contributed by atoms with Gasteiger partial charge in [0.25, 0.3) is 0 Å². The van der Waals surface area contributed by atoms with Crippen LogP contribution in [0.1, 0.15) is 33.4 Å². The van der Waals surface area contributed by atoms with Crippen LogP contribution < -0.4 is 20.9 Å². The number of nitrogens with two attached hydrogens (primary N) is 2. The van der Waals surface area contributed by atoms with E-state index in [0.717, 1.165) is 45.5 Å². The number of esters is 2. The molecular formula is C48H40F2N2O6. The summed E-state index contributed by atoms with van der Waals surface area (Å²) in [6, 6.07) is 40.3. The zero-order chi connectivity index (χ0) is 40.3. The zero-order valence-corrected chi connectivity index (χ0v) is 31.4. The summed E-state index contributed by atoms with van der Waals surface area (Å²) in [7, 11) is 0. The molecule has 6 aromatic carbocycles. The number of hydrogen-bond donors (Lipinski definition) is 2. The van der Waals surface area contributed by atoms with Crippen LogP contribution in [0.5, 0.6) is 23.0 Å². The first-order chi connectivity index (χ1) is 28.1. The van der Waals surface area contributed by atoms with E-state index in [1.54, 1.807) is 48.5 Å². The Morgan fingerprint density at radius 3 is 1.21 bits per heavy atom. The predicted molar refractivity (Wildman–Crippen MR) is 214 cm³/mol. The molecule has 4 atom stereocenters. The van der Waals surface area contributed by atoms with Gasteiger partial charge in [0.1, 0.15) is 34.6 Å². The Bertz CT molecular complexity index is 2280. The molecule has 292 valence electrons. The van der Waals surface area contributed by atoms with Crippen LogP contribution in [0.2, 0.25) is 0 Å². The third-order valence-electron chi connectivity index (χ3n) is 10.8. The average Bonchev–Trinajstić information content (AvgIpc) is 3.65. The van der Waals surface area contributed by atoms with E-state index in [2.05, 4.69) is 0 Å². The van der Waals surface area contributed by atoms with Crippen molar-refractivity contribution in [2.45, 2.75) is 49.0 Å². The summed E-state index contributed by atoms with van der Waals surface area (Å²) in [6.07, 6.45) is 3.63. The minimum Gasteiger partial charge on any atom is -0.457 e. The average molecular weight is 779 g/mol. The third-order valence-corrected chi connectivity index (χ3v) is 10.8. The molecule has 2 aliphatic rings. The highest BCUT2D eigenvalue weighted by Crippen LogP contribution is 2.44. The molecule has 58 heavy (non-hydrogen) atoms. The minimum atomic E-state index is -1.23. The highest BCUT2D eigenvalue weighted by atomic mass is 19.1. The first-order valence-corrected chi connectivity index (χ1v) is 19.0. The first-order valence-electron chi connectivity index (χ1n) is 19.0. The van der Waals surface area contributed by atoms with Gasteiger partial charge in [-0.1, -0.05) is 72.8 Å². The summed E-state index contributed by atoms with van der Waals surface area (Å²) in [6.45, 7) is 0. The number of carbonyl (C=O) groups excluding carboxylic acids is 2. The van der Waals surface area contributed by atoms with Gasteiger partial charge in [0.2, 0.25) is 0 Å². The van der Waals surface area contributed by atoms with Gasteiger partial charge in [-0.3, -0.25) is 0 Å². The normalized spacial score (nSPS) is 20.6. The van der Waals surface area contributed by atoms with Crippen molar-refractivity contribution in [3.63, 3.8) is 0 Å². The van der Waals surface area contributed by atoms with E-state index in [9.17, 15) is 18.4 Å². The Morgan fingerprint density at radius 1 is 0.517 bits per heavy atom. The first kappa shape index (κ1) is 38.3. The van der Waals surface area contributed by atoms with Gasteiger partial charge in [-0.25, -0.2) is 18.4 Å². The summed E-state index contributed by atoms with van der Waals surface area (Å²) in [4.78, 5) is 27.4. The van der Waals surface area contributed by atoms with Crippen LogP contribution in [-0.2, 0) is 55.9 Å². The van der Waals surface area contributed by atoms with Gasteiger partial charge in [-0.2, -0.15) is 0 Å². The molecule has 4 N–H and O–H groups in total. The van der Waals surface area contributed by atoms with Crippen LogP contribution >= 0.6 is 0 Å². The monoisotopic (exact) mass is 778 g/mol. The van der Waals surface area contributed by atoms with Crippen molar-refractivity contribution in [3.05, 3.63) is 203 Å². The summed E-state index contributed by atoms with van der Waals surface area (Å²) in [5.74, 6) is -0.153. The summed E-state index contributed by atoms with van der Waals surface area (Å²) in [5, 5.41) is 0. The quantitative estimate of drug-likeness (QED) is 0.0937. The van der Waals surface area contributed by atoms with Crippen LogP contribution in [0.25, 0.3) is 0 Å². The molecule has 0 amide bonds. The molecular weight excluding hydrogens is 739 g/mol. The highest BCUT2D eigenvalue weighted by Gasteiger charge is 2.50. The fraction of sp³-hybridized carbons (Fsp3) is 0.167. The number of ether oxygens (including phenoxy) is 4.